The van der Waals surface area contributed by atoms with Crippen LogP contribution in [-0.2, 0) is 9.53 Å². The molecule has 0 aromatic heterocycles. The van der Waals surface area contributed by atoms with Gasteiger partial charge in [0, 0.05) is 5.57 Å². The van der Waals surface area contributed by atoms with E-state index in [2.05, 4.69) is 0 Å². The number of carbonyl (C=O) groups is 1. The minimum atomic E-state index is -0.256. The lowest BCUT2D eigenvalue weighted by atomic mass is 10.1. The van der Waals surface area contributed by atoms with Crippen LogP contribution in [0.5, 0.6) is 0 Å². The van der Waals surface area contributed by atoms with Crippen molar-refractivity contribution in [2.75, 3.05) is 0 Å². The lowest BCUT2D eigenvalue weighted by Gasteiger charge is -2.13. The number of hydrogen-bond acceptors (Lipinski definition) is 2. The van der Waals surface area contributed by atoms with Crippen molar-refractivity contribution in [2.24, 2.45) is 0 Å². The number of ether oxygens (including phenoxy) is 1. The van der Waals surface area contributed by atoms with E-state index in [1.165, 1.54) is 0 Å². The summed E-state index contributed by atoms with van der Waals surface area (Å²) in [5, 5.41) is 0. The summed E-state index contributed by atoms with van der Waals surface area (Å²) >= 11 is 0. The third kappa shape index (κ3) is 3.24. The Balaban J connectivity index is 2.65. The van der Waals surface area contributed by atoms with Gasteiger partial charge in [-0.1, -0.05) is 36.4 Å². The molecule has 0 amide bonds. The maximum atomic E-state index is 11.5. The lowest BCUT2D eigenvalue weighted by molar-refractivity contribution is -0.143. The van der Waals surface area contributed by atoms with Gasteiger partial charge in [-0.05, 0) is 26.3 Å². The smallest absolute Gasteiger partial charge is 0.333 e. The van der Waals surface area contributed by atoms with E-state index in [1.54, 1.807) is 13.0 Å². The van der Waals surface area contributed by atoms with Crippen molar-refractivity contribution in [1.82, 2.24) is 0 Å². The molecule has 1 unspecified atom stereocenters. The van der Waals surface area contributed by atoms with Crippen LogP contribution in [0.3, 0.4) is 0 Å². The van der Waals surface area contributed by atoms with E-state index < -0.39 is 0 Å². The first-order valence-corrected chi connectivity index (χ1v) is 5.04. The van der Waals surface area contributed by atoms with Gasteiger partial charge < -0.3 is 4.74 Å². The number of benzene rings is 1. The number of carbonyl (C=O) groups excluding carboxylic acids is 1. The van der Waals surface area contributed by atoms with E-state index in [0.29, 0.717) is 5.57 Å². The topological polar surface area (TPSA) is 26.3 Å². The molecule has 1 rings (SSSR count). The quantitative estimate of drug-likeness (QED) is 0.558. The molecular formula is C13H16O2. The molecule has 1 atom stereocenters. The zero-order valence-electron chi connectivity index (χ0n) is 9.36. The van der Waals surface area contributed by atoms with Gasteiger partial charge >= 0.3 is 5.97 Å². The third-order valence-electron chi connectivity index (χ3n) is 2.31. The molecule has 1 aromatic rings. The van der Waals surface area contributed by atoms with Gasteiger partial charge in [-0.25, -0.2) is 4.79 Å². The highest BCUT2D eigenvalue weighted by molar-refractivity contribution is 5.87. The van der Waals surface area contributed by atoms with Crippen molar-refractivity contribution in [3.63, 3.8) is 0 Å². The van der Waals surface area contributed by atoms with E-state index in [-0.39, 0.29) is 12.1 Å². The Bertz CT molecular complexity index is 352. The van der Waals surface area contributed by atoms with Gasteiger partial charge in [-0.2, -0.15) is 0 Å². The molecule has 0 heterocycles. The normalized spacial score (nSPS) is 13.4. The first kappa shape index (κ1) is 11.5. The van der Waals surface area contributed by atoms with Gasteiger partial charge in [0.2, 0.25) is 0 Å². The second kappa shape index (κ2) is 5.35. The van der Waals surface area contributed by atoms with Gasteiger partial charge in [-0.15, -0.1) is 0 Å². The molecule has 0 saturated carbocycles. The number of hydrogen-bond donors (Lipinski definition) is 0. The average molecular weight is 204 g/mol. The Morgan fingerprint density at radius 3 is 2.47 bits per heavy atom. The molecule has 0 saturated heterocycles. The SMILES string of the molecule is C/C=C(/C)C(=O)OC(C)c1ccccc1. The Morgan fingerprint density at radius 2 is 1.93 bits per heavy atom. The molecule has 0 radical (unpaired) electrons. The van der Waals surface area contributed by atoms with Crippen LogP contribution in [0, 0.1) is 0 Å². The first-order valence-electron chi connectivity index (χ1n) is 5.04. The third-order valence-corrected chi connectivity index (χ3v) is 2.31. The summed E-state index contributed by atoms with van der Waals surface area (Å²) in [6.07, 6.45) is 1.55. The van der Waals surface area contributed by atoms with Crippen LogP contribution in [0.2, 0.25) is 0 Å². The zero-order valence-corrected chi connectivity index (χ0v) is 9.36. The van der Waals surface area contributed by atoms with Crippen LogP contribution in [0.1, 0.15) is 32.4 Å². The first-order chi connectivity index (χ1) is 7.15. The van der Waals surface area contributed by atoms with Crippen molar-refractivity contribution >= 4 is 5.97 Å². The summed E-state index contributed by atoms with van der Waals surface area (Å²) in [5.74, 6) is -0.256. The number of allylic oxidation sites excluding steroid dienone is 1. The van der Waals surface area contributed by atoms with Crippen molar-refractivity contribution < 1.29 is 9.53 Å². The maximum absolute atomic E-state index is 11.5. The fourth-order valence-corrected chi connectivity index (χ4v) is 1.16. The standard InChI is InChI=1S/C13H16O2/c1-4-10(2)13(14)15-11(3)12-8-6-5-7-9-12/h4-9,11H,1-3H3/b10-4-. The van der Waals surface area contributed by atoms with Gasteiger partial charge in [-0.3, -0.25) is 0 Å². The molecule has 2 heteroatoms. The number of esters is 1. The van der Waals surface area contributed by atoms with Gasteiger partial charge in [0.25, 0.3) is 0 Å². The monoisotopic (exact) mass is 204 g/mol. The number of rotatable bonds is 3. The summed E-state index contributed by atoms with van der Waals surface area (Å²) < 4.78 is 5.28. The minimum Gasteiger partial charge on any atom is -0.454 e. The van der Waals surface area contributed by atoms with E-state index in [1.807, 2.05) is 44.2 Å². The summed E-state index contributed by atoms with van der Waals surface area (Å²) in [6, 6.07) is 9.70. The molecule has 15 heavy (non-hydrogen) atoms. The van der Waals surface area contributed by atoms with Crippen LogP contribution < -0.4 is 0 Å². The van der Waals surface area contributed by atoms with Crippen molar-refractivity contribution in [2.45, 2.75) is 26.9 Å². The van der Waals surface area contributed by atoms with Crippen molar-refractivity contribution in [3.8, 4) is 0 Å². The molecule has 0 spiro atoms. The highest BCUT2D eigenvalue weighted by atomic mass is 16.5. The summed E-state index contributed by atoms with van der Waals surface area (Å²) in [6.45, 7) is 5.44. The Morgan fingerprint density at radius 1 is 1.33 bits per heavy atom. The molecule has 2 nitrogen and oxygen atoms in total. The zero-order chi connectivity index (χ0) is 11.3. The molecule has 0 aliphatic rings. The molecule has 0 bridgehead atoms. The van der Waals surface area contributed by atoms with Crippen LogP contribution in [-0.4, -0.2) is 5.97 Å². The van der Waals surface area contributed by atoms with E-state index in [0.717, 1.165) is 5.56 Å². The molecule has 0 N–H and O–H groups in total. The second-order valence-corrected chi connectivity index (χ2v) is 3.43. The van der Waals surface area contributed by atoms with Crippen molar-refractivity contribution in [1.29, 1.82) is 0 Å². The molecule has 0 fully saturated rings. The van der Waals surface area contributed by atoms with Gasteiger partial charge in [0.15, 0.2) is 0 Å². The molecule has 0 aliphatic heterocycles. The fraction of sp³-hybridized carbons (Fsp3) is 0.308. The lowest BCUT2D eigenvalue weighted by Crippen LogP contribution is -2.09. The average Bonchev–Trinajstić information content (AvgIpc) is 2.29. The molecule has 1 aromatic carbocycles. The predicted octanol–water partition coefficient (Wildman–Crippen LogP) is 3.26. The highest BCUT2D eigenvalue weighted by Crippen LogP contribution is 2.17. The van der Waals surface area contributed by atoms with E-state index in [4.69, 9.17) is 4.74 Å². The molecule has 80 valence electrons. The molecule has 0 aliphatic carbocycles. The van der Waals surface area contributed by atoms with E-state index in [9.17, 15) is 4.79 Å². The second-order valence-electron chi connectivity index (χ2n) is 3.43. The van der Waals surface area contributed by atoms with Gasteiger partial charge in [0.05, 0.1) is 0 Å². The van der Waals surface area contributed by atoms with Gasteiger partial charge in [0.1, 0.15) is 6.10 Å². The Hall–Kier alpha value is -1.57. The van der Waals surface area contributed by atoms with Crippen LogP contribution in [0.25, 0.3) is 0 Å². The summed E-state index contributed by atoms with van der Waals surface area (Å²) in [5.41, 5.74) is 1.65. The van der Waals surface area contributed by atoms with Crippen molar-refractivity contribution in [3.05, 3.63) is 47.5 Å². The van der Waals surface area contributed by atoms with Crippen LogP contribution >= 0.6 is 0 Å². The van der Waals surface area contributed by atoms with Crippen LogP contribution in [0.4, 0.5) is 0 Å². The van der Waals surface area contributed by atoms with Crippen LogP contribution in [0.15, 0.2) is 42.0 Å². The highest BCUT2D eigenvalue weighted by Gasteiger charge is 2.11. The summed E-state index contributed by atoms with van der Waals surface area (Å²) in [4.78, 5) is 11.5. The maximum Gasteiger partial charge on any atom is 0.333 e. The Kier molecular flexibility index (Phi) is 4.10. The molecular weight excluding hydrogens is 188 g/mol. The summed E-state index contributed by atoms with van der Waals surface area (Å²) in [7, 11) is 0. The largest absolute Gasteiger partial charge is 0.454 e. The predicted molar refractivity (Wildman–Crippen MR) is 60.4 cm³/mol. The fourth-order valence-electron chi connectivity index (χ4n) is 1.16. The Labute approximate surface area is 90.6 Å². The van der Waals surface area contributed by atoms with E-state index >= 15 is 0 Å². The minimum absolute atomic E-state index is 0.200.